The van der Waals surface area contributed by atoms with Crippen molar-refractivity contribution >= 4 is 93.0 Å². The number of alkyl halides is 18. The molecule has 556 valence electrons. The third kappa shape index (κ3) is 23.7. The molecule has 0 radical (unpaired) electrons. The van der Waals surface area contributed by atoms with Gasteiger partial charge in [0.2, 0.25) is 23.8 Å². The zero-order valence-electron chi connectivity index (χ0n) is 53.3. The highest BCUT2D eigenvalue weighted by Crippen LogP contribution is 2.48. The number of hydrogen-bond donors (Lipinski definition) is 8. The molecule has 0 atom stereocenters. The Hall–Kier alpha value is -9.28. The molecule has 48 heteroatoms. The van der Waals surface area contributed by atoms with Crippen LogP contribution in [0, 0.1) is 19.3 Å². The lowest BCUT2D eigenvalue weighted by atomic mass is 10.1. The van der Waals surface area contributed by atoms with Crippen LogP contribution in [0.5, 0.6) is 0 Å². The number of nitrogens with zero attached hydrogens (tertiary/aromatic N) is 16. The molecule has 0 aliphatic heterocycles. The van der Waals surface area contributed by atoms with Crippen molar-refractivity contribution in [1.29, 1.82) is 0 Å². The summed E-state index contributed by atoms with van der Waals surface area (Å²) in [6, 6.07) is 0. The molecule has 8 aromatic heterocycles. The van der Waals surface area contributed by atoms with E-state index in [4.69, 9.17) is 27.9 Å². The van der Waals surface area contributed by atoms with Crippen molar-refractivity contribution in [2.45, 2.75) is 97.4 Å². The highest BCUT2D eigenvalue weighted by atomic mass is 35.5. The van der Waals surface area contributed by atoms with Gasteiger partial charge in [-0.1, -0.05) is 23.2 Å². The molecular formula is C53H60Cl2F18N24O4. The van der Waals surface area contributed by atoms with Crippen LogP contribution in [0.25, 0.3) is 0 Å². The Kier molecular flexibility index (Phi) is 28.2. The summed E-state index contributed by atoms with van der Waals surface area (Å²) in [5, 5.41) is 36.9. The molecular weight excluding hydrogens is 1450 g/mol. The molecule has 9 rings (SSSR count). The number of anilines is 12. The third-order valence-electron chi connectivity index (χ3n) is 13.5. The van der Waals surface area contributed by atoms with E-state index in [1.807, 2.05) is 0 Å². The first kappa shape index (κ1) is 80.7. The summed E-state index contributed by atoms with van der Waals surface area (Å²) in [4.78, 5) is 29.7. The number of nitrogens with one attached hydrogen (secondary N) is 8. The molecule has 0 saturated heterocycles. The van der Waals surface area contributed by atoms with Crippen molar-refractivity contribution in [2.75, 3.05) is 104 Å². The predicted molar refractivity (Wildman–Crippen MR) is 327 cm³/mol. The van der Waals surface area contributed by atoms with E-state index in [-0.39, 0.29) is 97.0 Å². The van der Waals surface area contributed by atoms with Crippen LogP contribution in [0.2, 0.25) is 10.3 Å². The van der Waals surface area contributed by atoms with Crippen molar-refractivity contribution < 1.29 is 98.0 Å². The van der Waals surface area contributed by atoms with E-state index < -0.39 is 72.6 Å². The Morgan fingerprint density at radius 2 is 0.792 bits per heavy atom. The molecule has 8 heterocycles. The lowest BCUT2D eigenvalue weighted by Crippen LogP contribution is -2.18. The van der Waals surface area contributed by atoms with Crippen LogP contribution in [0.1, 0.15) is 46.5 Å². The van der Waals surface area contributed by atoms with Crippen LogP contribution in [-0.4, -0.2) is 161 Å². The second-order valence-corrected chi connectivity index (χ2v) is 21.2. The maximum absolute atomic E-state index is 12.9. The van der Waals surface area contributed by atoms with Gasteiger partial charge in [-0.05, 0) is 26.7 Å². The van der Waals surface area contributed by atoms with Crippen LogP contribution < -0.4 is 42.5 Å². The van der Waals surface area contributed by atoms with Gasteiger partial charge in [-0.2, -0.15) is 119 Å². The van der Waals surface area contributed by atoms with E-state index in [9.17, 15) is 79.0 Å². The Morgan fingerprint density at radius 3 is 1.15 bits per heavy atom. The van der Waals surface area contributed by atoms with Crippen LogP contribution >= 0.6 is 23.2 Å². The Balaban J connectivity index is 0.000000212. The Labute approximate surface area is 569 Å². The quantitative estimate of drug-likeness (QED) is 0.0211. The Morgan fingerprint density at radius 1 is 0.465 bits per heavy atom. The monoisotopic (exact) mass is 1510 g/mol. The lowest BCUT2D eigenvalue weighted by molar-refractivity contribution is -0.138. The molecule has 0 unspecified atom stereocenters. The van der Waals surface area contributed by atoms with Gasteiger partial charge in [-0.25, -0.2) is 24.6 Å². The zero-order valence-corrected chi connectivity index (χ0v) is 54.8. The minimum absolute atomic E-state index is 0.0122. The number of aryl methyl sites for hydroxylation is 1. The minimum atomic E-state index is -4.61. The minimum Gasteiger partial charge on any atom is -0.384 e. The lowest BCUT2D eigenvalue weighted by Gasteiger charge is -2.15. The van der Waals surface area contributed by atoms with Gasteiger partial charge in [0.25, 0.3) is 0 Å². The van der Waals surface area contributed by atoms with Crippen LogP contribution in [0.3, 0.4) is 0 Å². The first-order valence-corrected chi connectivity index (χ1v) is 29.4. The van der Waals surface area contributed by atoms with Gasteiger partial charge in [-0.3, -0.25) is 14.0 Å². The molecule has 1 fully saturated rings. The molecule has 8 aromatic rings. The molecule has 0 bridgehead atoms. The molecule has 1 aliphatic carbocycles. The summed E-state index contributed by atoms with van der Waals surface area (Å²) in [6.45, 7) is -4.78. The SMILES string of the molecule is CNc1nc(Nc2cn(CCOC(F)F)nc2C)ncc1C(F)(F)F.CNc1nc(Nc2cnn(CC3(COC)CC3)c2Cl)ncc1C(F)(F)F.CNc1nc(Nc2cnn(CCOC(F)F)c2C)ncc1C(F)(F)F.CNc1nc(Nc2cnn(CCOC(F)F)c2Cl)ncc1C(F)(F)F. The topological polar surface area (TPSA) is 308 Å². The van der Waals surface area contributed by atoms with Crippen molar-refractivity contribution in [3.8, 4) is 0 Å². The number of halogens is 20. The van der Waals surface area contributed by atoms with Crippen molar-refractivity contribution in [3.05, 3.63) is 93.5 Å². The summed E-state index contributed by atoms with van der Waals surface area (Å²) in [5.41, 5.74) is -1.37. The van der Waals surface area contributed by atoms with Gasteiger partial charge in [0.05, 0.1) is 105 Å². The summed E-state index contributed by atoms with van der Waals surface area (Å²) >= 11 is 12.3. The van der Waals surface area contributed by atoms with Crippen molar-refractivity contribution in [2.24, 2.45) is 5.41 Å². The molecule has 8 N–H and O–H groups in total. The number of hydrogen-bond acceptors (Lipinski definition) is 24. The zero-order chi connectivity index (χ0) is 74.8. The standard InChI is InChI=1S/C15H18ClF3N6O.2C13H15F5N6O.C12H12ClF5N6O/c1-20-12-9(15(17,18)19)5-21-13(24-12)23-10-6-22-25(11(10)16)7-14(3-4-14)8-26-2;1-7-9(6-24(23-7)3-4-25-11(14)15)21-12-20-5-8(13(16,17)18)10(19-2)22-12;1-7-9(6-21-24(7)3-4-25-11(14)15)22-12-20-5-8(13(16,17)18)10(19-2)23-12;1-19-9-6(12(16,17)18)4-20-11(23-9)22-7-5-21-24(8(7)13)2-3-25-10(14)15/h5-6H,3-4,7-8H2,1-2H3,(H2,20,21,23,24);5-6,11H,3-4H2,1-2H3,(H2,19,20,21,22);5-6,11H,3-4H2,1-2H3,(H2,19,20,22,23);4-5,10H,2-3H2,1H3,(H2,19,20,22,23). The van der Waals surface area contributed by atoms with E-state index in [1.165, 1.54) is 67.0 Å². The number of aromatic nitrogens is 16. The normalized spacial score (nSPS) is 12.9. The molecule has 0 aromatic carbocycles. The average Bonchev–Trinajstić information content (AvgIpc) is 1.71. The molecule has 101 heavy (non-hydrogen) atoms. The largest absolute Gasteiger partial charge is 0.421 e. The second kappa shape index (κ2) is 35.4. The van der Waals surface area contributed by atoms with Gasteiger partial charge < -0.3 is 61.5 Å². The fraction of sp³-hybridized carbons (Fsp3) is 0.472. The van der Waals surface area contributed by atoms with Crippen LogP contribution in [-0.2, 0) is 69.8 Å². The van der Waals surface area contributed by atoms with E-state index in [2.05, 4.69) is 117 Å². The van der Waals surface area contributed by atoms with Crippen LogP contribution in [0.15, 0.2) is 49.6 Å². The first-order chi connectivity index (χ1) is 47.4. The van der Waals surface area contributed by atoms with Crippen LogP contribution in [0.4, 0.5) is 149 Å². The fourth-order valence-corrected chi connectivity index (χ4v) is 8.83. The average molecular weight is 1510 g/mol. The van der Waals surface area contributed by atoms with E-state index in [0.29, 0.717) is 65.3 Å². The van der Waals surface area contributed by atoms with Crippen molar-refractivity contribution in [3.63, 3.8) is 0 Å². The van der Waals surface area contributed by atoms with Crippen molar-refractivity contribution in [1.82, 2.24) is 79.0 Å². The maximum Gasteiger partial charge on any atom is 0.421 e. The van der Waals surface area contributed by atoms with E-state index in [0.717, 1.165) is 19.0 Å². The fourth-order valence-electron chi connectivity index (χ4n) is 8.41. The Bertz CT molecular complexity index is 3730. The molecule has 1 aliphatic rings. The summed E-state index contributed by atoms with van der Waals surface area (Å²) in [6.07, 6.45) is -7.95. The second-order valence-electron chi connectivity index (χ2n) is 20.5. The molecule has 0 amide bonds. The predicted octanol–water partition coefficient (Wildman–Crippen LogP) is 13.0. The first-order valence-electron chi connectivity index (χ1n) is 28.7. The highest BCUT2D eigenvalue weighted by molar-refractivity contribution is 6.32. The smallest absolute Gasteiger partial charge is 0.384 e. The molecule has 1 saturated carbocycles. The molecule has 0 spiro atoms. The van der Waals surface area contributed by atoms with E-state index >= 15 is 0 Å². The van der Waals surface area contributed by atoms with Gasteiger partial charge >= 0.3 is 44.5 Å². The number of ether oxygens (including phenoxy) is 4. The highest BCUT2D eigenvalue weighted by Gasteiger charge is 2.44. The molecule has 28 nitrogen and oxygen atoms in total. The third-order valence-corrected chi connectivity index (χ3v) is 14.3. The van der Waals surface area contributed by atoms with Gasteiger partial charge in [0.1, 0.15) is 45.5 Å². The summed E-state index contributed by atoms with van der Waals surface area (Å²) < 4.78 is 249. The van der Waals surface area contributed by atoms with Gasteiger partial charge in [-0.15, -0.1) is 0 Å². The van der Waals surface area contributed by atoms with Gasteiger partial charge in [0.15, 0.2) is 10.3 Å². The van der Waals surface area contributed by atoms with Gasteiger partial charge in [0, 0.05) is 71.7 Å². The number of rotatable bonds is 28. The summed E-state index contributed by atoms with van der Waals surface area (Å²) in [5.74, 6) is -1.78. The maximum atomic E-state index is 12.9. The van der Waals surface area contributed by atoms with E-state index in [1.54, 1.807) is 25.6 Å². The number of methoxy groups -OCH3 is 1. The summed E-state index contributed by atoms with van der Waals surface area (Å²) in [7, 11) is 6.92.